The maximum absolute atomic E-state index is 6.43. The van der Waals surface area contributed by atoms with Gasteiger partial charge in [0.1, 0.15) is 17.0 Å². The van der Waals surface area contributed by atoms with Crippen molar-refractivity contribution >= 4 is 32.7 Å². The molecule has 1 unspecified atom stereocenters. The van der Waals surface area contributed by atoms with Crippen molar-refractivity contribution in [2.24, 2.45) is 0 Å². The van der Waals surface area contributed by atoms with Crippen LogP contribution in [0.25, 0.3) is 77.7 Å². The van der Waals surface area contributed by atoms with Crippen LogP contribution in [0.15, 0.2) is 162 Å². The normalized spacial score (nSPS) is 14.3. The topological polar surface area (TPSA) is 51.8 Å². The molecule has 222 valence electrons. The lowest BCUT2D eigenvalue weighted by molar-refractivity contribution is 0.669. The number of nitrogens with zero attached hydrogens (tertiary/aromatic N) is 3. The fourth-order valence-electron chi connectivity index (χ4n) is 6.58. The summed E-state index contributed by atoms with van der Waals surface area (Å²) in [5.74, 6) is 2.15. The zero-order chi connectivity index (χ0) is 31.2. The summed E-state index contributed by atoms with van der Waals surface area (Å²) in [6.07, 6.45) is 9.34. The van der Waals surface area contributed by atoms with Gasteiger partial charge in [0.05, 0.1) is 0 Å². The van der Waals surface area contributed by atoms with Gasteiger partial charge in [-0.25, -0.2) is 15.0 Å². The van der Waals surface area contributed by atoms with Crippen molar-refractivity contribution in [1.29, 1.82) is 0 Å². The third kappa shape index (κ3) is 5.01. The van der Waals surface area contributed by atoms with E-state index in [1.807, 2.05) is 18.2 Å². The monoisotopic (exact) mass is 603 g/mol. The molecule has 47 heavy (non-hydrogen) atoms. The molecule has 2 heterocycles. The Kier molecular flexibility index (Phi) is 6.57. The minimum Gasteiger partial charge on any atom is -0.456 e. The molecule has 1 aliphatic rings. The summed E-state index contributed by atoms with van der Waals surface area (Å²) in [5, 5.41) is 4.52. The van der Waals surface area contributed by atoms with E-state index in [0.717, 1.165) is 62.0 Å². The van der Waals surface area contributed by atoms with Crippen LogP contribution in [-0.4, -0.2) is 15.0 Å². The highest BCUT2D eigenvalue weighted by molar-refractivity contribution is 6.12. The smallest absolute Gasteiger partial charge is 0.164 e. The molecule has 6 aromatic carbocycles. The average molecular weight is 604 g/mol. The van der Waals surface area contributed by atoms with Gasteiger partial charge < -0.3 is 4.42 Å². The van der Waals surface area contributed by atoms with Crippen molar-refractivity contribution in [2.45, 2.75) is 12.3 Å². The first-order chi connectivity index (χ1) is 23.3. The summed E-state index contributed by atoms with van der Waals surface area (Å²) in [7, 11) is 0. The summed E-state index contributed by atoms with van der Waals surface area (Å²) in [6, 6.07) is 46.5. The van der Waals surface area contributed by atoms with E-state index in [4.69, 9.17) is 19.4 Å². The SMILES string of the molecule is C1=CCC(c2nc(-c3ccc(-c4ccc5ccccc5c4)cc3)nc(-c3cccc4oc5cc(-c6ccccc6)ccc5c34)n2)C=C1. The van der Waals surface area contributed by atoms with Crippen LogP contribution >= 0.6 is 0 Å². The molecular weight excluding hydrogens is 574 g/mol. The summed E-state index contributed by atoms with van der Waals surface area (Å²) < 4.78 is 6.43. The Balaban J connectivity index is 1.16. The van der Waals surface area contributed by atoms with Crippen LogP contribution in [0.5, 0.6) is 0 Å². The quantitative estimate of drug-likeness (QED) is 0.196. The first-order valence-corrected chi connectivity index (χ1v) is 16.0. The Hall–Kier alpha value is -6.13. The van der Waals surface area contributed by atoms with E-state index >= 15 is 0 Å². The van der Waals surface area contributed by atoms with Crippen LogP contribution in [0.3, 0.4) is 0 Å². The minimum absolute atomic E-state index is 0.0751. The van der Waals surface area contributed by atoms with Crippen molar-refractivity contribution in [3.63, 3.8) is 0 Å². The van der Waals surface area contributed by atoms with E-state index in [0.29, 0.717) is 11.6 Å². The zero-order valence-corrected chi connectivity index (χ0v) is 25.5. The highest BCUT2D eigenvalue weighted by Crippen LogP contribution is 2.38. The standard InChI is InChI=1S/C43H29N3O/c1-3-10-28(11-4-1)35-24-25-36-39(27-35)47-38-17-9-16-37(40(36)38)43-45-41(31-13-5-2-6-14-31)44-42(46-43)32-21-18-30(19-22-32)34-23-20-29-12-7-8-15-33(29)26-34/h1-13,15-27,31H,14H2. The van der Waals surface area contributed by atoms with E-state index in [2.05, 4.69) is 140 Å². The maximum atomic E-state index is 6.43. The molecule has 1 aliphatic carbocycles. The van der Waals surface area contributed by atoms with Gasteiger partial charge in [-0.3, -0.25) is 0 Å². The van der Waals surface area contributed by atoms with Gasteiger partial charge in [0.15, 0.2) is 11.6 Å². The van der Waals surface area contributed by atoms with Gasteiger partial charge in [0.2, 0.25) is 0 Å². The molecule has 0 aliphatic heterocycles. The van der Waals surface area contributed by atoms with Gasteiger partial charge in [-0.2, -0.15) is 0 Å². The fourth-order valence-corrected chi connectivity index (χ4v) is 6.58. The lowest BCUT2D eigenvalue weighted by Gasteiger charge is -2.15. The molecule has 2 aromatic heterocycles. The van der Waals surface area contributed by atoms with Crippen LogP contribution in [0.2, 0.25) is 0 Å². The number of allylic oxidation sites excluding steroid dienone is 4. The second-order valence-electron chi connectivity index (χ2n) is 12.0. The highest BCUT2D eigenvalue weighted by Gasteiger charge is 2.20. The number of fused-ring (bicyclic) bond motifs is 4. The van der Waals surface area contributed by atoms with Gasteiger partial charge in [-0.1, -0.05) is 133 Å². The molecule has 0 saturated carbocycles. The van der Waals surface area contributed by atoms with Crippen molar-refractivity contribution in [3.05, 3.63) is 164 Å². The lowest BCUT2D eigenvalue weighted by atomic mass is 9.99. The Bertz CT molecular complexity index is 2490. The summed E-state index contributed by atoms with van der Waals surface area (Å²) >= 11 is 0. The number of hydrogen-bond donors (Lipinski definition) is 0. The Morgan fingerprint density at radius 2 is 1.23 bits per heavy atom. The molecule has 0 saturated heterocycles. The first kappa shape index (κ1) is 27.2. The molecule has 0 spiro atoms. The highest BCUT2D eigenvalue weighted by atomic mass is 16.3. The molecule has 1 atom stereocenters. The number of benzene rings is 6. The summed E-state index contributed by atoms with van der Waals surface area (Å²) in [4.78, 5) is 15.2. The molecule has 4 heteroatoms. The second kappa shape index (κ2) is 11.3. The third-order valence-corrected chi connectivity index (χ3v) is 9.04. The van der Waals surface area contributed by atoms with Gasteiger partial charge in [0, 0.05) is 27.8 Å². The van der Waals surface area contributed by atoms with Crippen molar-refractivity contribution in [1.82, 2.24) is 15.0 Å². The van der Waals surface area contributed by atoms with E-state index in [1.54, 1.807) is 0 Å². The van der Waals surface area contributed by atoms with Crippen molar-refractivity contribution in [3.8, 4) is 45.0 Å². The predicted octanol–water partition coefficient (Wildman–Crippen LogP) is 11.2. The van der Waals surface area contributed by atoms with E-state index in [-0.39, 0.29) is 5.92 Å². The number of aromatic nitrogens is 3. The number of hydrogen-bond acceptors (Lipinski definition) is 4. The van der Waals surface area contributed by atoms with Crippen LogP contribution in [0.1, 0.15) is 18.2 Å². The summed E-state index contributed by atoms with van der Waals surface area (Å²) in [5.41, 5.74) is 8.14. The molecule has 9 rings (SSSR count). The van der Waals surface area contributed by atoms with Gasteiger partial charge in [0.25, 0.3) is 0 Å². The van der Waals surface area contributed by atoms with Gasteiger partial charge >= 0.3 is 0 Å². The van der Waals surface area contributed by atoms with E-state index < -0.39 is 0 Å². The third-order valence-electron chi connectivity index (χ3n) is 9.04. The number of rotatable bonds is 5. The fraction of sp³-hybridized carbons (Fsp3) is 0.0465. The molecular formula is C43H29N3O. The predicted molar refractivity (Wildman–Crippen MR) is 192 cm³/mol. The Morgan fingerprint density at radius 1 is 0.511 bits per heavy atom. The Morgan fingerprint density at radius 3 is 2.09 bits per heavy atom. The second-order valence-corrected chi connectivity index (χ2v) is 12.0. The van der Waals surface area contributed by atoms with E-state index in [1.165, 1.54) is 16.3 Å². The molecule has 0 N–H and O–H groups in total. The van der Waals surface area contributed by atoms with Crippen LogP contribution in [0.4, 0.5) is 0 Å². The zero-order valence-electron chi connectivity index (χ0n) is 25.5. The van der Waals surface area contributed by atoms with Crippen LogP contribution < -0.4 is 0 Å². The summed E-state index contributed by atoms with van der Waals surface area (Å²) in [6.45, 7) is 0. The largest absolute Gasteiger partial charge is 0.456 e. The lowest BCUT2D eigenvalue weighted by Crippen LogP contribution is -2.08. The van der Waals surface area contributed by atoms with Crippen LogP contribution in [-0.2, 0) is 0 Å². The molecule has 4 nitrogen and oxygen atoms in total. The minimum atomic E-state index is 0.0751. The molecule has 0 bridgehead atoms. The van der Waals surface area contributed by atoms with E-state index in [9.17, 15) is 0 Å². The van der Waals surface area contributed by atoms with Gasteiger partial charge in [-0.05, 0) is 63.7 Å². The number of furan rings is 1. The first-order valence-electron chi connectivity index (χ1n) is 16.0. The molecule has 0 fully saturated rings. The molecule has 0 radical (unpaired) electrons. The Labute approximate surface area is 272 Å². The average Bonchev–Trinajstić information content (AvgIpc) is 3.53. The maximum Gasteiger partial charge on any atom is 0.164 e. The molecule has 8 aromatic rings. The molecule has 0 amide bonds. The van der Waals surface area contributed by atoms with Crippen molar-refractivity contribution in [2.75, 3.05) is 0 Å². The van der Waals surface area contributed by atoms with Crippen molar-refractivity contribution < 1.29 is 4.42 Å². The van der Waals surface area contributed by atoms with Crippen LogP contribution in [0, 0.1) is 0 Å². The van der Waals surface area contributed by atoms with Gasteiger partial charge in [-0.15, -0.1) is 0 Å².